The summed E-state index contributed by atoms with van der Waals surface area (Å²) in [5, 5.41) is 16.3. The Morgan fingerprint density at radius 2 is 1.79 bits per heavy atom. The maximum atomic E-state index is 13.0. The molecule has 2 fully saturated rings. The van der Waals surface area contributed by atoms with Gasteiger partial charge in [0, 0.05) is 29.5 Å². The van der Waals surface area contributed by atoms with Gasteiger partial charge in [0.25, 0.3) is 0 Å². The Hall–Kier alpha value is -3.26. The van der Waals surface area contributed by atoms with Gasteiger partial charge in [-0.05, 0) is 74.3 Å². The Balaban J connectivity index is 1.14. The van der Waals surface area contributed by atoms with E-state index in [1.54, 1.807) is 29.1 Å². The van der Waals surface area contributed by atoms with E-state index >= 15 is 0 Å². The molecule has 0 radical (unpaired) electrons. The predicted octanol–water partition coefficient (Wildman–Crippen LogP) is 4.60. The number of sulfonamides is 1. The van der Waals surface area contributed by atoms with Crippen molar-refractivity contribution in [1.82, 2.24) is 24.7 Å². The van der Waals surface area contributed by atoms with E-state index in [9.17, 15) is 21.6 Å². The molecule has 0 amide bonds. The average Bonchev–Trinajstić information content (AvgIpc) is 3.41. The summed E-state index contributed by atoms with van der Waals surface area (Å²) in [6.45, 7) is 3.92. The van der Waals surface area contributed by atoms with Crippen molar-refractivity contribution in [3.05, 3.63) is 48.0 Å². The predicted molar refractivity (Wildman–Crippen MR) is 136 cm³/mol. The lowest BCUT2D eigenvalue weighted by molar-refractivity contribution is -0.138. The third-order valence-corrected chi connectivity index (χ3v) is 8.35. The van der Waals surface area contributed by atoms with Crippen LogP contribution >= 0.6 is 0 Å². The molecule has 39 heavy (non-hydrogen) atoms. The Bertz CT molecular complexity index is 1420. The van der Waals surface area contributed by atoms with Gasteiger partial charge < -0.3 is 10.1 Å². The highest BCUT2D eigenvalue weighted by Crippen LogP contribution is 2.48. The van der Waals surface area contributed by atoms with Gasteiger partial charge in [0.2, 0.25) is 16.0 Å². The topological polar surface area (TPSA) is 138 Å². The number of primary sulfonamides is 1. The molecular weight excluding hydrogens is 535 g/mol. The van der Waals surface area contributed by atoms with Crippen LogP contribution < -0.4 is 15.2 Å². The molecule has 0 bridgehead atoms. The van der Waals surface area contributed by atoms with E-state index in [-0.39, 0.29) is 22.3 Å². The minimum atomic E-state index is -4.28. The number of ether oxygens (including phenoxy) is 1. The van der Waals surface area contributed by atoms with Crippen LogP contribution in [-0.2, 0) is 15.6 Å². The van der Waals surface area contributed by atoms with Crippen LogP contribution in [-0.4, -0.2) is 45.9 Å². The molecule has 2 aliphatic rings. The van der Waals surface area contributed by atoms with Gasteiger partial charge in [-0.15, -0.1) is 5.10 Å². The fourth-order valence-corrected chi connectivity index (χ4v) is 5.37. The Labute approximate surface area is 224 Å². The summed E-state index contributed by atoms with van der Waals surface area (Å²) in [5.74, 6) is 0.449. The molecular formula is C25H30F3N7O3S. The third kappa shape index (κ3) is 6.32. The minimum absolute atomic E-state index is 0.0197. The van der Waals surface area contributed by atoms with E-state index in [0.717, 1.165) is 31.2 Å². The van der Waals surface area contributed by atoms with Crippen molar-refractivity contribution in [2.45, 2.75) is 74.4 Å². The van der Waals surface area contributed by atoms with Crippen LogP contribution in [0.25, 0.3) is 0 Å². The van der Waals surface area contributed by atoms with Crippen molar-refractivity contribution < 1.29 is 26.3 Å². The molecule has 3 aromatic rings. The van der Waals surface area contributed by atoms with Crippen LogP contribution in [0.1, 0.15) is 69.2 Å². The lowest BCUT2D eigenvalue weighted by atomic mass is 9.72. The van der Waals surface area contributed by atoms with Gasteiger partial charge in [0.15, 0.2) is 0 Å². The molecule has 1 atom stereocenters. The van der Waals surface area contributed by atoms with E-state index in [1.165, 1.54) is 19.1 Å². The molecule has 5 rings (SSSR count). The summed E-state index contributed by atoms with van der Waals surface area (Å²) in [7, 11) is -3.76. The standard InChI is InChI=1S/C25H30F3N7O3S/c1-15(11-25(26,27)28)21-33-34-23(35(21)24(2)7-8-24)38-14-16-9-17(10-16)18-12-30-22(31-13-18)32-19-3-5-20(6-4-19)39(29,36)37/h3-6,12-13,15-17H,7-11,14H2,1-2H3,(H2,29,36,37)(H,30,31,32)/t15-,16?,17?/m1/s1. The summed E-state index contributed by atoms with van der Waals surface area (Å²) in [6, 6.07) is 6.26. The fraction of sp³-hybridized carbons (Fsp3) is 0.520. The molecule has 1 aromatic carbocycles. The number of nitrogens with two attached hydrogens (primary N) is 1. The van der Waals surface area contributed by atoms with Gasteiger partial charge in [0.05, 0.1) is 17.9 Å². The van der Waals surface area contributed by atoms with E-state index in [2.05, 4.69) is 25.5 Å². The molecule has 0 spiro atoms. The average molecular weight is 566 g/mol. The van der Waals surface area contributed by atoms with Crippen molar-refractivity contribution in [2.75, 3.05) is 11.9 Å². The number of hydrogen-bond acceptors (Lipinski definition) is 8. The first-order valence-electron chi connectivity index (χ1n) is 12.7. The van der Waals surface area contributed by atoms with Crippen molar-refractivity contribution in [3.63, 3.8) is 0 Å². The van der Waals surface area contributed by atoms with Gasteiger partial charge in [0.1, 0.15) is 5.82 Å². The van der Waals surface area contributed by atoms with Gasteiger partial charge in [-0.1, -0.05) is 12.0 Å². The largest absolute Gasteiger partial charge is 0.463 e. The van der Waals surface area contributed by atoms with Crippen LogP contribution in [0.2, 0.25) is 0 Å². The third-order valence-electron chi connectivity index (χ3n) is 7.42. The van der Waals surface area contributed by atoms with E-state index in [4.69, 9.17) is 9.88 Å². The molecule has 3 N–H and O–H groups in total. The lowest BCUT2D eigenvalue weighted by Crippen LogP contribution is -2.29. The summed E-state index contributed by atoms with van der Waals surface area (Å²) >= 11 is 0. The van der Waals surface area contributed by atoms with Gasteiger partial charge in [-0.2, -0.15) is 13.2 Å². The first-order valence-corrected chi connectivity index (χ1v) is 14.2. The minimum Gasteiger partial charge on any atom is -0.463 e. The van der Waals surface area contributed by atoms with E-state index < -0.39 is 28.5 Å². The smallest absolute Gasteiger partial charge is 0.389 e. The van der Waals surface area contributed by atoms with Crippen molar-refractivity contribution in [1.29, 1.82) is 0 Å². The number of benzene rings is 1. The monoisotopic (exact) mass is 565 g/mol. The number of hydrogen-bond donors (Lipinski definition) is 2. The first kappa shape index (κ1) is 27.3. The Kier molecular flexibility index (Phi) is 7.04. The quantitative estimate of drug-likeness (QED) is 0.364. The van der Waals surface area contributed by atoms with Crippen LogP contribution in [0.4, 0.5) is 24.8 Å². The first-order chi connectivity index (χ1) is 18.3. The Morgan fingerprint density at radius 1 is 1.15 bits per heavy atom. The van der Waals surface area contributed by atoms with Crippen LogP contribution in [0.3, 0.4) is 0 Å². The van der Waals surface area contributed by atoms with Gasteiger partial charge in [-0.25, -0.2) is 23.5 Å². The highest BCUT2D eigenvalue weighted by atomic mass is 32.2. The molecule has 2 saturated carbocycles. The second-order valence-electron chi connectivity index (χ2n) is 10.8. The van der Waals surface area contributed by atoms with Crippen molar-refractivity contribution >= 4 is 21.7 Å². The van der Waals surface area contributed by atoms with Crippen molar-refractivity contribution in [2.24, 2.45) is 11.1 Å². The molecule has 0 saturated heterocycles. The molecule has 0 aliphatic heterocycles. The Morgan fingerprint density at radius 3 is 2.36 bits per heavy atom. The van der Waals surface area contributed by atoms with Crippen LogP contribution in [0.5, 0.6) is 6.01 Å². The molecule has 2 aliphatic carbocycles. The van der Waals surface area contributed by atoms with E-state index in [1.807, 2.05) is 6.92 Å². The lowest BCUT2D eigenvalue weighted by Gasteiger charge is -2.35. The molecule has 14 heteroatoms. The van der Waals surface area contributed by atoms with Crippen molar-refractivity contribution in [3.8, 4) is 6.01 Å². The summed E-state index contributed by atoms with van der Waals surface area (Å²) in [6.07, 6.45) is 1.73. The summed E-state index contributed by atoms with van der Waals surface area (Å²) in [4.78, 5) is 8.74. The second-order valence-corrected chi connectivity index (χ2v) is 12.3. The van der Waals surface area contributed by atoms with Gasteiger partial charge >= 0.3 is 12.2 Å². The van der Waals surface area contributed by atoms with Crippen LogP contribution in [0.15, 0.2) is 41.6 Å². The van der Waals surface area contributed by atoms with Crippen LogP contribution in [0, 0.1) is 5.92 Å². The zero-order valence-electron chi connectivity index (χ0n) is 21.5. The maximum absolute atomic E-state index is 13.0. The maximum Gasteiger partial charge on any atom is 0.389 e. The molecule has 2 heterocycles. The second kappa shape index (κ2) is 10.0. The number of aromatic nitrogens is 5. The molecule has 0 unspecified atom stereocenters. The number of halogens is 3. The number of anilines is 2. The summed E-state index contributed by atoms with van der Waals surface area (Å²) in [5.41, 5.74) is 1.33. The van der Waals surface area contributed by atoms with E-state index in [0.29, 0.717) is 30.1 Å². The number of nitrogens with zero attached hydrogens (tertiary/aromatic N) is 5. The molecule has 10 nitrogen and oxygen atoms in total. The SMILES string of the molecule is C[C@H](CC(F)(F)F)c1nnc(OCC2CC(c3cnc(Nc4ccc(S(N)(=O)=O)cc4)nc3)C2)n1C1(C)CC1. The zero-order chi connectivity index (χ0) is 28.0. The fourth-order valence-electron chi connectivity index (χ4n) is 4.85. The van der Waals surface area contributed by atoms with Gasteiger partial charge in [-0.3, -0.25) is 4.57 Å². The molecule has 2 aromatic heterocycles. The number of rotatable bonds is 10. The molecule has 210 valence electrons. The summed E-state index contributed by atoms with van der Waals surface area (Å²) < 4.78 is 69.4. The normalized spacial score (nSPS) is 21.2. The number of alkyl halides is 3. The highest BCUT2D eigenvalue weighted by molar-refractivity contribution is 7.89. The zero-order valence-corrected chi connectivity index (χ0v) is 22.3. The highest BCUT2D eigenvalue weighted by Gasteiger charge is 2.45. The number of nitrogens with one attached hydrogen (secondary N) is 1.